The number of carbonyl (C=O) groups is 1. The number of rotatable bonds is 17. The number of carbonyl (C=O) groups excluding carboxylic acids is 1. The van der Waals surface area contributed by atoms with Gasteiger partial charge in [0.2, 0.25) is 0 Å². The molecule has 48 heavy (non-hydrogen) atoms. The Morgan fingerprint density at radius 3 is 1.96 bits per heavy atom. The zero-order valence-electron chi connectivity index (χ0n) is 30.8. The van der Waals surface area contributed by atoms with Crippen molar-refractivity contribution in [3.05, 3.63) is 84.0 Å². The van der Waals surface area contributed by atoms with Gasteiger partial charge in [-0.25, -0.2) is 4.39 Å². The molecular formula is C39H61F3N2O4. The van der Waals surface area contributed by atoms with Gasteiger partial charge in [0, 0.05) is 35.5 Å². The fourth-order valence-corrected chi connectivity index (χ4v) is 4.84. The second-order valence-electron chi connectivity index (χ2n) is 12.2. The first-order valence-corrected chi connectivity index (χ1v) is 17.2. The highest BCUT2D eigenvalue weighted by molar-refractivity contribution is 5.94. The Hall–Kier alpha value is -3.30. The summed E-state index contributed by atoms with van der Waals surface area (Å²) in [6, 6.07) is 6.33. The summed E-state index contributed by atoms with van der Waals surface area (Å²) >= 11 is 0. The summed E-state index contributed by atoms with van der Waals surface area (Å²) in [7, 11) is 0. The lowest BCUT2D eigenvalue weighted by atomic mass is 9.83. The van der Waals surface area contributed by atoms with Crippen LogP contribution in [-0.4, -0.2) is 52.3 Å². The van der Waals surface area contributed by atoms with E-state index < -0.39 is 23.3 Å². The Bertz CT molecular complexity index is 1220. The number of β-amino-alcohol motifs (C(OH)–C–C–N with tert-alkyl or cyclic N) is 1. The topological polar surface area (TPSA) is 82.0 Å². The van der Waals surface area contributed by atoms with Crippen LogP contribution in [0.1, 0.15) is 101 Å². The van der Waals surface area contributed by atoms with Crippen molar-refractivity contribution in [1.29, 1.82) is 0 Å². The van der Waals surface area contributed by atoms with Gasteiger partial charge in [0.15, 0.2) is 11.6 Å². The first-order chi connectivity index (χ1) is 22.5. The summed E-state index contributed by atoms with van der Waals surface area (Å²) in [6.07, 6.45) is 9.00. The summed E-state index contributed by atoms with van der Waals surface area (Å²) in [4.78, 5) is 12.6. The monoisotopic (exact) mass is 678 g/mol. The van der Waals surface area contributed by atoms with Crippen molar-refractivity contribution in [2.45, 2.75) is 113 Å². The number of Topliss-reactive ketones (excluding diaryl/α,β-unsaturated/α-hetero) is 1. The van der Waals surface area contributed by atoms with Gasteiger partial charge in [-0.15, -0.1) is 0 Å². The molecule has 2 rings (SSSR count). The molecule has 0 spiro atoms. The number of alkyl halides is 2. The van der Waals surface area contributed by atoms with E-state index in [4.69, 9.17) is 0 Å². The third kappa shape index (κ3) is 15.3. The van der Waals surface area contributed by atoms with Crippen molar-refractivity contribution in [2.75, 3.05) is 25.0 Å². The largest absolute Gasteiger partial charge is 0.433 e. The second-order valence-corrected chi connectivity index (χ2v) is 12.2. The predicted octanol–water partition coefficient (Wildman–Crippen LogP) is 10.1. The maximum absolute atomic E-state index is 13.2. The van der Waals surface area contributed by atoms with E-state index in [-0.39, 0.29) is 18.3 Å². The van der Waals surface area contributed by atoms with E-state index >= 15 is 0 Å². The molecular weight excluding hydrogens is 617 g/mol. The van der Waals surface area contributed by atoms with Crippen LogP contribution < -0.4 is 10.1 Å². The molecule has 0 aromatic heterocycles. The number of benzene rings is 1. The molecule has 1 aliphatic heterocycles. The molecule has 1 fully saturated rings. The second kappa shape index (κ2) is 22.4. The third-order valence-electron chi connectivity index (χ3n) is 7.90. The standard InChI is InChI=1S/C28H40F2N2O3.C7H11FO.C4H10/c1-7-11-24(21(9-3)10-4)26(25(12-8-2)32-17-28(34,18-32)19-33)20(5)31-22-13-15-23(16-14-22)35-27(6,29)30;1-4-5(2)7(9)6(3)8;1-3-4-2/h8,11-16,21,31,33-34H,5,7,9-10,17-19H2,1-4,6H3;5H,3-4H2,1-2H3;3-4H2,1-2H3/b12-8-,24-11+,26-25-;;. The van der Waals surface area contributed by atoms with Crippen LogP contribution in [0.4, 0.5) is 18.9 Å². The van der Waals surface area contributed by atoms with Crippen molar-refractivity contribution in [1.82, 2.24) is 4.90 Å². The summed E-state index contributed by atoms with van der Waals surface area (Å²) in [5.74, 6) is -1.14. The number of aliphatic hydroxyl groups is 2. The minimum atomic E-state index is -3.25. The number of unbranched alkanes of at least 4 members (excludes halogenated alkanes) is 1. The van der Waals surface area contributed by atoms with Crippen LogP contribution in [0.5, 0.6) is 5.75 Å². The highest BCUT2D eigenvalue weighted by Gasteiger charge is 2.42. The lowest BCUT2D eigenvalue weighted by molar-refractivity contribution is -0.158. The lowest BCUT2D eigenvalue weighted by Crippen LogP contribution is -2.63. The van der Waals surface area contributed by atoms with Crippen molar-refractivity contribution in [2.24, 2.45) is 11.8 Å². The molecule has 272 valence electrons. The Balaban J connectivity index is 0.00000143. The van der Waals surface area contributed by atoms with E-state index in [1.807, 2.05) is 30.9 Å². The predicted molar refractivity (Wildman–Crippen MR) is 194 cm³/mol. The van der Waals surface area contributed by atoms with Crippen LogP contribution in [-0.2, 0) is 4.79 Å². The van der Waals surface area contributed by atoms with Crippen LogP contribution in [0.15, 0.2) is 84.0 Å². The molecule has 1 aromatic rings. The number of likely N-dealkylation sites (tertiary alicyclic amines) is 1. The Morgan fingerprint density at radius 1 is 1.06 bits per heavy atom. The normalized spacial score (nSPS) is 15.3. The van der Waals surface area contributed by atoms with E-state index in [2.05, 4.69) is 63.9 Å². The van der Waals surface area contributed by atoms with Crippen LogP contribution in [0.3, 0.4) is 0 Å². The number of nitrogens with zero attached hydrogens (tertiary/aromatic N) is 1. The summed E-state index contributed by atoms with van der Waals surface area (Å²) in [5.41, 5.74) is 3.27. The van der Waals surface area contributed by atoms with Crippen LogP contribution in [0.2, 0.25) is 0 Å². The maximum Gasteiger partial charge on any atom is 0.394 e. The lowest BCUT2D eigenvalue weighted by Gasteiger charge is -2.48. The molecule has 0 aliphatic carbocycles. The average Bonchev–Trinajstić information content (AvgIpc) is 3.03. The average molecular weight is 679 g/mol. The van der Waals surface area contributed by atoms with Gasteiger partial charge >= 0.3 is 6.11 Å². The molecule has 1 aliphatic rings. The Morgan fingerprint density at radius 2 is 1.60 bits per heavy atom. The molecule has 1 aromatic carbocycles. The molecule has 1 unspecified atom stereocenters. The molecule has 1 heterocycles. The molecule has 0 radical (unpaired) electrons. The number of ketones is 1. The van der Waals surface area contributed by atoms with Crippen LogP contribution in [0, 0.1) is 11.8 Å². The molecule has 3 N–H and O–H groups in total. The zero-order chi connectivity index (χ0) is 37.1. The number of anilines is 1. The highest BCUT2D eigenvalue weighted by Crippen LogP contribution is 2.37. The van der Waals surface area contributed by atoms with Crippen molar-refractivity contribution < 1.29 is 32.9 Å². The number of nitrogens with one attached hydrogen (secondary N) is 1. The minimum absolute atomic E-state index is 0.0755. The van der Waals surface area contributed by atoms with Gasteiger partial charge in [-0.3, -0.25) is 4.79 Å². The smallest absolute Gasteiger partial charge is 0.394 e. The number of hydrogen-bond donors (Lipinski definition) is 3. The number of allylic oxidation sites excluding steroid dienone is 5. The first-order valence-electron chi connectivity index (χ1n) is 17.2. The molecule has 0 saturated carbocycles. The van der Waals surface area contributed by atoms with Crippen molar-refractivity contribution >= 4 is 11.5 Å². The van der Waals surface area contributed by atoms with Gasteiger partial charge in [-0.05, 0) is 74.4 Å². The fraction of sp³-hybridized carbons (Fsp3) is 0.564. The van der Waals surface area contributed by atoms with Gasteiger partial charge in [0.1, 0.15) is 11.4 Å². The van der Waals surface area contributed by atoms with Crippen LogP contribution >= 0.6 is 0 Å². The molecule has 6 nitrogen and oxygen atoms in total. The molecule has 0 bridgehead atoms. The van der Waals surface area contributed by atoms with E-state index in [0.717, 1.165) is 30.5 Å². The Kier molecular flexibility index (Phi) is 20.8. The summed E-state index contributed by atoms with van der Waals surface area (Å²) in [5, 5.41) is 23.4. The van der Waals surface area contributed by atoms with E-state index in [0.29, 0.717) is 43.7 Å². The maximum atomic E-state index is 13.2. The van der Waals surface area contributed by atoms with Gasteiger partial charge in [-0.1, -0.05) is 86.6 Å². The highest BCUT2D eigenvalue weighted by atomic mass is 19.3. The zero-order valence-corrected chi connectivity index (χ0v) is 30.8. The van der Waals surface area contributed by atoms with Gasteiger partial charge in [0.25, 0.3) is 0 Å². The van der Waals surface area contributed by atoms with Gasteiger partial charge in [-0.2, -0.15) is 8.78 Å². The SMILES string of the molecule is C=C(F)C(=O)C(C)CC.C=C(Nc1ccc(OC(C)(F)F)cc1)C(/C(=C/CC)C(CC)CC)=C(\C=C/C)N1CC(O)(CO)C1.CCCC. The first kappa shape index (κ1) is 44.7. The number of hydrogen-bond acceptors (Lipinski definition) is 6. The number of aliphatic hydroxyl groups excluding tert-OH is 1. The van der Waals surface area contributed by atoms with Gasteiger partial charge in [0.05, 0.1) is 19.7 Å². The fourth-order valence-electron chi connectivity index (χ4n) is 4.84. The van der Waals surface area contributed by atoms with Crippen molar-refractivity contribution in [3.8, 4) is 5.75 Å². The molecule has 1 atom stereocenters. The van der Waals surface area contributed by atoms with E-state index in [1.54, 1.807) is 19.1 Å². The molecule has 1 saturated heterocycles. The summed E-state index contributed by atoms with van der Waals surface area (Å²) in [6.45, 7) is 24.6. The third-order valence-corrected chi connectivity index (χ3v) is 7.90. The van der Waals surface area contributed by atoms with Crippen molar-refractivity contribution in [3.63, 3.8) is 0 Å². The molecule has 9 heteroatoms. The minimum Gasteiger partial charge on any atom is -0.433 e. The Labute approximate surface area is 288 Å². The van der Waals surface area contributed by atoms with E-state index in [1.165, 1.54) is 30.5 Å². The van der Waals surface area contributed by atoms with E-state index in [9.17, 15) is 28.2 Å². The number of halogens is 3. The quantitative estimate of drug-likeness (QED) is 0.112. The number of ether oxygens (including phenoxy) is 1. The van der Waals surface area contributed by atoms with Gasteiger partial charge < -0.3 is 25.2 Å². The molecule has 0 amide bonds. The summed E-state index contributed by atoms with van der Waals surface area (Å²) < 4.78 is 43.0. The van der Waals surface area contributed by atoms with Crippen LogP contribution in [0.25, 0.3) is 0 Å².